The predicted molar refractivity (Wildman–Crippen MR) is 101 cm³/mol. The molecule has 8 nitrogen and oxygen atoms in total. The van der Waals surface area contributed by atoms with Crippen LogP contribution in [-0.2, 0) is 23.9 Å². The standard InChI is InChI=1S/C21H22O8/c1-11(28-19(25)8-6-12-5-7-15(22)16(23)9-12)20(26)13-10-14(13)21(27)17-3-2-4-18(24)29-17/h2,4-9,11,13-14,17,21-23,27H,3,10H2,1H3/b8-6+/t11-,13+,14+,17-,21+/m1/s1. The number of carbonyl (C=O) groups excluding carboxylic acids is 3. The molecule has 0 radical (unpaired) electrons. The molecule has 0 saturated heterocycles. The minimum atomic E-state index is -0.989. The zero-order chi connectivity index (χ0) is 21.1. The maximum Gasteiger partial charge on any atom is 0.331 e. The lowest BCUT2D eigenvalue weighted by molar-refractivity contribution is -0.152. The number of esters is 2. The number of hydrogen-bond acceptors (Lipinski definition) is 8. The van der Waals surface area contributed by atoms with E-state index in [1.807, 2.05) is 0 Å². The third-order valence-electron chi connectivity index (χ3n) is 5.02. The topological polar surface area (TPSA) is 130 Å². The Kier molecular flexibility index (Phi) is 6.03. The summed E-state index contributed by atoms with van der Waals surface area (Å²) < 4.78 is 10.2. The highest BCUT2D eigenvalue weighted by molar-refractivity contribution is 5.93. The Morgan fingerprint density at radius 3 is 2.72 bits per heavy atom. The fourth-order valence-corrected chi connectivity index (χ4v) is 3.32. The van der Waals surface area contributed by atoms with Gasteiger partial charge < -0.3 is 24.8 Å². The molecule has 1 aromatic carbocycles. The van der Waals surface area contributed by atoms with Crippen LogP contribution in [0, 0.1) is 11.8 Å². The summed E-state index contributed by atoms with van der Waals surface area (Å²) in [7, 11) is 0. The molecule has 3 rings (SSSR count). The first-order chi connectivity index (χ1) is 13.8. The first-order valence-electron chi connectivity index (χ1n) is 9.26. The first-order valence-corrected chi connectivity index (χ1v) is 9.26. The van der Waals surface area contributed by atoms with Crippen molar-refractivity contribution in [2.75, 3.05) is 0 Å². The van der Waals surface area contributed by atoms with Crippen molar-refractivity contribution >= 4 is 23.8 Å². The molecule has 8 heteroatoms. The van der Waals surface area contributed by atoms with Crippen molar-refractivity contribution in [3.05, 3.63) is 42.0 Å². The van der Waals surface area contributed by atoms with E-state index in [1.54, 1.807) is 6.08 Å². The van der Waals surface area contributed by atoms with E-state index in [0.717, 1.165) is 6.08 Å². The molecule has 0 aromatic heterocycles. The number of rotatable bonds is 7. The number of Topliss-reactive ketones (excluding diaryl/α,β-unsaturated/α-hetero) is 1. The highest BCUT2D eigenvalue weighted by Gasteiger charge is 2.51. The molecule has 1 heterocycles. The van der Waals surface area contributed by atoms with Gasteiger partial charge in [0, 0.05) is 24.5 Å². The number of phenolic OH excluding ortho intramolecular Hbond substituents is 2. The molecule has 154 valence electrons. The number of aliphatic hydroxyl groups is 1. The maximum absolute atomic E-state index is 12.5. The van der Waals surface area contributed by atoms with Crippen LogP contribution in [0.15, 0.2) is 36.4 Å². The van der Waals surface area contributed by atoms with Gasteiger partial charge in [-0.25, -0.2) is 9.59 Å². The number of carbonyl (C=O) groups is 3. The first kappa shape index (κ1) is 20.6. The summed E-state index contributed by atoms with van der Waals surface area (Å²) in [5.41, 5.74) is 0.470. The van der Waals surface area contributed by atoms with Crippen molar-refractivity contribution < 1.29 is 39.2 Å². The van der Waals surface area contributed by atoms with Gasteiger partial charge in [-0.05, 0) is 43.0 Å². The van der Waals surface area contributed by atoms with E-state index in [2.05, 4.69) is 0 Å². The number of aromatic hydroxyl groups is 2. The van der Waals surface area contributed by atoms with Crippen LogP contribution in [0.5, 0.6) is 11.5 Å². The van der Waals surface area contributed by atoms with E-state index in [0.29, 0.717) is 18.4 Å². The van der Waals surface area contributed by atoms with E-state index in [4.69, 9.17) is 9.47 Å². The van der Waals surface area contributed by atoms with Gasteiger partial charge in [-0.15, -0.1) is 0 Å². The van der Waals surface area contributed by atoms with Crippen molar-refractivity contribution in [2.45, 2.75) is 38.1 Å². The van der Waals surface area contributed by atoms with Crippen molar-refractivity contribution in [3.8, 4) is 11.5 Å². The van der Waals surface area contributed by atoms with Gasteiger partial charge in [-0.2, -0.15) is 0 Å². The second-order valence-electron chi connectivity index (χ2n) is 7.17. The monoisotopic (exact) mass is 402 g/mol. The van der Waals surface area contributed by atoms with Crippen LogP contribution in [0.3, 0.4) is 0 Å². The molecule has 1 aromatic rings. The normalized spacial score (nSPS) is 25.3. The van der Waals surface area contributed by atoms with Gasteiger partial charge in [0.15, 0.2) is 23.4 Å². The van der Waals surface area contributed by atoms with Crippen LogP contribution in [0.4, 0.5) is 0 Å². The maximum atomic E-state index is 12.5. The van der Waals surface area contributed by atoms with E-state index in [1.165, 1.54) is 37.3 Å². The molecular weight excluding hydrogens is 380 g/mol. The minimum Gasteiger partial charge on any atom is -0.504 e. The number of aliphatic hydroxyl groups excluding tert-OH is 1. The van der Waals surface area contributed by atoms with Gasteiger partial charge in [0.05, 0.1) is 6.10 Å². The zero-order valence-electron chi connectivity index (χ0n) is 15.7. The molecular formula is C21H22O8. The Labute approximate surface area is 167 Å². The third-order valence-corrected chi connectivity index (χ3v) is 5.02. The quantitative estimate of drug-likeness (QED) is 0.355. The summed E-state index contributed by atoms with van der Waals surface area (Å²) >= 11 is 0. The highest BCUT2D eigenvalue weighted by atomic mass is 16.6. The number of ether oxygens (including phenoxy) is 2. The number of phenols is 2. The van der Waals surface area contributed by atoms with Crippen molar-refractivity contribution in [2.24, 2.45) is 11.8 Å². The van der Waals surface area contributed by atoms with Crippen molar-refractivity contribution in [3.63, 3.8) is 0 Å². The molecule has 29 heavy (non-hydrogen) atoms. The summed E-state index contributed by atoms with van der Waals surface area (Å²) in [4.78, 5) is 35.7. The number of hydrogen-bond donors (Lipinski definition) is 3. The molecule has 1 aliphatic heterocycles. The Hall–Kier alpha value is -3.13. The van der Waals surface area contributed by atoms with E-state index in [-0.39, 0.29) is 23.2 Å². The van der Waals surface area contributed by atoms with E-state index < -0.39 is 36.2 Å². The largest absolute Gasteiger partial charge is 0.504 e. The van der Waals surface area contributed by atoms with Gasteiger partial charge in [0.2, 0.25) is 0 Å². The molecule has 0 bridgehead atoms. The molecule has 2 aliphatic rings. The molecule has 1 fully saturated rings. The van der Waals surface area contributed by atoms with Crippen LogP contribution in [0.25, 0.3) is 6.08 Å². The van der Waals surface area contributed by atoms with Crippen molar-refractivity contribution in [1.82, 2.24) is 0 Å². The second kappa shape index (κ2) is 8.48. The smallest absolute Gasteiger partial charge is 0.331 e. The van der Waals surface area contributed by atoms with Gasteiger partial charge in [0.1, 0.15) is 6.10 Å². The molecule has 0 amide bonds. The Morgan fingerprint density at radius 1 is 1.28 bits per heavy atom. The summed E-state index contributed by atoms with van der Waals surface area (Å²) in [6.07, 6.45) is 3.67. The fourth-order valence-electron chi connectivity index (χ4n) is 3.32. The summed E-state index contributed by atoms with van der Waals surface area (Å²) in [6, 6.07) is 4.05. The molecule has 5 atom stereocenters. The van der Waals surface area contributed by atoms with Crippen LogP contribution >= 0.6 is 0 Å². The number of benzene rings is 1. The lowest BCUT2D eigenvalue weighted by Gasteiger charge is -2.24. The number of ketones is 1. The second-order valence-corrected chi connectivity index (χ2v) is 7.17. The van der Waals surface area contributed by atoms with Crippen LogP contribution in [0.1, 0.15) is 25.3 Å². The summed E-state index contributed by atoms with van der Waals surface area (Å²) in [5.74, 6) is -2.91. The van der Waals surface area contributed by atoms with E-state index in [9.17, 15) is 29.7 Å². The van der Waals surface area contributed by atoms with Crippen LogP contribution in [0.2, 0.25) is 0 Å². The van der Waals surface area contributed by atoms with E-state index >= 15 is 0 Å². The Balaban J connectivity index is 1.49. The van der Waals surface area contributed by atoms with Gasteiger partial charge in [-0.1, -0.05) is 12.1 Å². The Morgan fingerprint density at radius 2 is 2.03 bits per heavy atom. The van der Waals surface area contributed by atoms with Crippen LogP contribution in [-0.4, -0.2) is 51.4 Å². The lowest BCUT2D eigenvalue weighted by atomic mass is 10.0. The van der Waals surface area contributed by atoms with Gasteiger partial charge in [0.25, 0.3) is 0 Å². The summed E-state index contributed by atoms with van der Waals surface area (Å²) in [6.45, 7) is 1.46. The van der Waals surface area contributed by atoms with Crippen molar-refractivity contribution in [1.29, 1.82) is 0 Å². The fraction of sp³-hybridized carbons (Fsp3) is 0.381. The SMILES string of the molecule is C[C@@H](OC(=O)/C=C/c1ccc(O)c(O)c1)C(=O)[C@H]1C[C@@H]1[C@H](O)[C@H]1CC=CC(=O)O1. The minimum absolute atomic E-state index is 0.274. The average Bonchev–Trinajstić information content (AvgIpc) is 3.48. The number of cyclic esters (lactones) is 1. The Bertz CT molecular complexity index is 871. The highest BCUT2D eigenvalue weighted by Crippen LogP contribution is 2.45. The molecule has 0 spiro atoms. The summed E-state index contributed by atoms with van der Waals surface area (Å²) in [5, 5.41) is 29.0. The average molecular weight is 402 g/mol. The van der Waals surface area contributed by atoms with Crippen LogP contribution < -0.4 is 0 Å². The van der Waals surface area contributed by atoms with Gasteiger partial charge >= 0.3 is 11.9 Å². The molecule has 1 aliphatic carbocycles. The lowest BCUT2D eigenvalue weighted by Crippen LogP contribution is -2.35. The predicted octanol–water partition coefficient (Wildman–Crippen LogP) is 1.48. The van der Waals surface area contributed by atoms with Gasteiger partial charge in [-0.3, -0.25) is 4.79 Å². The molecule has 0 unspecified atom stereocenters. The molecule has 3 N–H and O–H groups in total. The third kappa shape index (κ3) is 5.03. The zero-order valence-corrected chi connectivity index (χ0v) is 15.7. The molecule has 1 saturated carbocycles.